The first-order valence-electron chi connectivity index (χ1n) is 8.82. The third-order valence-electron chi connectivity index (χ3n) is 4.39. The van der Waals surface area contributed by atoms with Gasteiger partial charge in [-0.05, 0) is 26.6 Å². The number of hydrogen-bond donors (Lipinski definition) is 1. The number of thiazole rings is 1. The average Bonchev–Trinajstić information content (AvgIpc) is 3.10. The Morgan fingerprint density at radius 1 is 1.38 bits per heavy atom. The summed E-state index contributed by atoms with van der Waals surface area (Å²) in [6.45, 7) is 5.70. The van der Waals surface area contributed by atoms with Gasteiger partial charge in [0.05, 0.1) is 25.5 Å². The number of anilines is 1. The van der Waals surface area contributed by atoms with Gasteiger partial charge in [-0.3, -0.25) is 9.69 Å². The van der Waals surface area contributed by atoms with Crippen LogP contribution < -0.4 is 10.2 Å². The summed E-state index contributed by atoms with van der Waals surface area (Å²) in [7, 11) is 3.85. The van der Waals surface area contributed by atoms with E-state index < -0.39 is 0 Å². The Balaban J connectivity index is 1.62. The number of likely N-dealkylation sites (N-methyl/N-ethyl adjacent to an activating group) is 1. The second-order valence-corrected chi connectivity index (χ2v) is 7.56. The van der Waals surface area contributed by atoms with Crippen molar-refractivity contribution in [2.75, 3.05) is 45.3 Å². The molecule has 3 rings (SSSR count). The fourth-order valence-corrected chi connectivity index (χ4v) is 3.96. The normalized spacial score (nSPS) is 15.9. The van der Waals surface area contributed by atoms with Crippen molar-refractivity contribution in [2.45, 2.75) is 19.5 Å². The van der Waals surface area contributed by atoms with Crippen LogP contribution in [0, 0.1) is 6.92 Å². The quantitative estimate of drug-likeness (QED) is 0.840. The summed E-state index contributed by atoms with van der Waals surface area (Å²) >= 11 is 1.62. The molecule has 0 spiro atoms. The summed E-state index contributed by atoms with van der Waals surface area (Å²) < 4.78 is 5.38. The highest BCUT2D eigenvalue weighted by atomic mass is 32.1. The summed E-state index contributed by atoms with van der Waals surface area (Å²) in [5.41, 5.74) is 3.04. The Labute approximate surface area is 158 Å². The minimum atomic E-state index is -0.313. The van der Waals surface area contributed by atoms with Crippen molar-refractivity contribution in [1.29, 1.82) is 0 Å². The Morgan fingerprint density at radius 3 is 2.85 bits per heavy atom. The van der Waals surface area contributed by atoms with Gasteiger partial charge < -0.3 is 15.0 Å². The zero-order valence-corrected chi connectivity index (χ0v) is 16.4. The van der Waals surface area contributed by atoms with Crippen molar-refractivity contribution in [3.05, 3.63) is 46.5 Å². The highest BCUT2D eigenvalue weighted by molar-refractivity contribution is 7.13. The van der Waals surface area contributed by atoms with Crippen molar-refractivity contribution in [1.82, 2.24) is 15.2 Å². The average molecular weight is 375 g/mol. The molecule has 7 heteroatoms. The Morgan fingerprint density at radius 2 is 2.15 bits per heavy atom. The molecule has 1 aromatic carbocycles. The van der Waals surface area contributed by atoms with E-state index in [1.165, 1.54) is 0 Å². The molecule has 26 heavy (non-hydrogen) atoms. The largest absolute Gasteiger partial charge is 0.378 e. The van der Waals surface area contributed by atoms with E-state index in [0.717, 1.165) is 48.3 Å². The van der Waals surface area contributed by atoms with E-state index in [0.29, 0.717) is 6.54 Å². The Bertz CT molecular complexity index is 741. The molecule has 140 valence electrons. The molecular weight excluding hydrogens is 348 g/mol. The number of ether oxygens (including phenoxy) is 1. The monoisotopic (exact) mass is 374 g/mol. The zero-order valence-electron chi connectivity index (χ0n) is 15.6. The van der Waals surface area contributed by atoms with Crippen LogP contribution in [0.5, 0.6) is 0 Å². The lowest BCUT2D eigenvalue weighted by Crippen LogP contribution is -2.37. The summed E-state index contributed by atoms with van der Waals surface area (Å²) in [6, 6.07) is 7.77. The summed E-state index contributed by atoms with van der Waals surface area (Å²) in [4.78, 5) is 21.6. The molecule has 1 saturated heterocycles. The topological polar surface area (TPSA) is 57.7 Å². The molecule has 2 aromatic rings. The molecule has 1 amide bonds. The molecule has 1 atom stereocenters. The lowest BCUT2D eigenvalue weighted by atomic mass is 10.0. The molecule has 1 aromatic heterocycles. The van der Waals surface area contributed by atoms with Crippen LogP contribution in [-0.2, 0) is 16.1 Å². The second kappa shape index (κ2) is 8.62. The van der Waals surface area contributed by atoms with Gasteiger partial charge in [0.2, 0.25) is 5.91 Å². The van der Waals surface area contributed by atoms with E-state index in [1.807, 2.05) is 49.5 Å². The number of hydrogen-bond acceptors (Lipinski definition) is 6. The number of benzene rings is 1. The predicted molar refractivity (Wildman–Crippen MR) is 105 cm³/mol. The second-order valence-electron chi connectivity index (χ2n) is 6.72. The van der Waals surface area contributed by atoms with Crippen LogP contribution in [-0.4, -0.2) is 56.2 Å². The maximum atomic E-state index is 12.8. The number of amides is 1. The lowest BCUT2D eigenvalue weighted by Gasteiger charge is -2.26. The molecule has 1 aliphatic heterocycles. The zero-order chi connectivity index (χ0) is 18.5. The molecule has 1 N–H and O–H groups in total. The van der Waals surface area contributed by atoms with Crippen LogP contribution in [0.15, 0.2) is 29.6 Å². The number of nitrogens with zero attached hydrogens (tertiary/aromatic N) is 3. The first kappa shape index (κ1) is 18.8. The predicted octanol–water partition coefficient (Wildman–Crippen LogP) is 2.21. The van der Waals surface area contributed by atoms with Gasteiger partial charge in [-0.2, -0.15) is 0 Å². The van der Waals surface area contributed by atoms with Crippen molar-refractivity contribution in [3.8, 4) is 0 Å². The van der Waals surface area contributed by atoms with Gasteiger partial charge in [-0.25, -0.2) is 4.98 Å². The van der Waals surface area contributed by atoms with E-state index in [2.05, 4.69) is 21.3 Å². The van der Waals surface area contributed by atoms with E-state index in [-0.39, 0.29) is 11.9 Å². The minimum Gasteiger partial charge on any atom is -0.378 e. The van der Waals surface area contributed by atoms with Crippen molar-refractivity contribution in [2.24, 2.45) is 0 Å². The first-order chi connectivity index (χ1) is 12.5. The highest BCUT2D eigenvalue weighted by Gasteiger charge is 2.23. The van der Waals surface area contributed by atoms with Crippen LogP contribution in [0.3, 0.4) is 0 Å². The summed E-state index contributed by atoms with van der Waals surface area (Å²) in [5, 5.41) is 6.05. The fraction of sp³-hybridized carbons (Fsp3) is 0.474. The van der Waals surface area contributed by atoms with Gasteiger partial charge in [-0.15, -0.1) is 11.3 Å². The highest BCUT2D eigenvalue weighted by Crippen LogP contribution is 2.22. The van der Waals surface area contributed by atoms with Gasteiger partial charge in [0.25, 0.3) is 0 Å². The summed E-state index contributed by atoms with van der Waals surface area (Å²) in [5.74, 6) is -0.0125. The minimum absolute atomic E-state index is 0.0125. The van der Waals surface area contributed by atoms with Crippen molar-refractivity contribution in [3.63, 3.8) is 0 Å². The van der Waals surface area contributed by atoms with Crippen LogP contribution in [0.25, 0.3) is 0 Å². The third kappa shape index (κ3) is 4.60. The molecule has 0 aliphatic carbocycles. The molecule has 1 aliphatic rings. The maximum Gasteiger partial charge on any atom is 0.242 e. The standard InChI is InChI=1S/C19H26N4O2S/c1-14-5-4-6-15(11-14)17(22(2)3)18(24)20-12-16-13-26-19(21-16)23-7-9-25-10-8-23/h4-6,11,13,17H,7-10,12H2,1-3H3,(H,20,24)/t17-/m0/s1. The molecule has 0 radical (unpaired) electrons. The Hall–Kier alpha value is -1.96. The summed E-state index contributed by atoms with van der Waals surface area (Å²) in [6.07, 6.45) is 0. The van der Waals surface area contributed by atoms with Crippen molar-refractivity contribution >= 4 is 22.4 Å². The fourth-order valence-electron chi connectivity index (χ4n) is 3.08. The van der Waals surface area contributed by atoms with Gasteiger partial charge in [-0.1, -0.05) is 29.8 Å². The van der Waals surface area contributed by atoms with Gasteiger partial charge >= 0.3 is 0 Å². The van der Waals surface area contributed by atoms with Crippen LogP contribution in [0.1, 0.15) is 22.9 Å². The molecule has 0 unspecified atom stereocenters. The van der Waals surface area contributed by atoms with Crippen LogP contribution >= 0.6 is 11.3 Å². The molecular formula is C19H26N4O2S. The Kier molecular flexibility index (Phi) is 6.24. The molecule has 1 fully saturated rings. The van der Waals surface area contributed by atoms with Gasteiger partial charge in [0.1, 0.15) is 6.04 Å². The van der Waals surface area contributed by atoms with Crippen LogP contribution in [0.4, 0.5) is 5.13 Å². The van der Waals surface area contributed by atoms with E-state index in [4.69, 9.17) is 4.74 Å². The van der Waals surface area contributed by atoms with Crippen LogP contribution in [0.2, 0.25) is 0 Å². The number of nitrogens with one attached hydrogen (secondary N) is 1. The smallest absolute Gasteiger partial charge is 0.242 e. The van der Waals surface area contributed by atoms with E-state index in [9.17, 15) is 4.79 Å². The number of aromatic nitrogens is 1. The van der Waals surface area contributed by atoms with E-state index >= 15 is 0 Å². The number of rotatable bonds is 6. The first-order valence-corrected chi connectivity index (χ1v) is 9.70. The molecule has 6 nitrogen and oxygen atoms in total. The molecule has 2 heterocycles. The van der Waals surface area contributed by atoms with Gasteiger partial charge in [0.15, 0.2) is 5.13 Å². The number of morpholine rings is 1. The van der Waals surface area contributed by atoms with Gasteiger partial charge in [0, 0.05) is 18.5 Å². The number of carbonyl (C=O) groups excluding carboxylic acids is 1. The van der Waals surface area contributed by atoms with E-state index in [1.54, 1.807) is 11.3 Å². The lowest BCUT2D eigenvalue weighted by molar-refractivity contribution is -0.126. The number of aryl methyl sites for hydroxylation is 1. The molecule has 0 bridgehead atoms. The third-order valence-corrected chi connectivity index (χ3v) is 5.34. The maximum absolute atomic E-state index is 12.8. The number of carbonyl (C=O) groups is 1. The molecule has 0 saturated carbocycles. The SMILES string of the molecule is Cc1cccc([C@@H](C(=O)NCc2csc(N3CCOCC3)n2)N(C)C)c1. The van der Waals surface area contributed by atoms with Crippen molar-refractivity contribution < 1.29 is 9.53 Å².